The van der Waals surface area contributed by atoms with Gasteiger partial charge in [0.05, 0.1) is 0 Å². The summed E-state index contributed by atoms with van der Waals surface area (Å²) in [5.41, 5.74) is 1.98. The van der Waals surface area contributed by atoms with Gasteiger partial charge in [-0.1, -0.05) is 41.6 Å². The van der Waals surface area contributed by atoms with Crippen molar-refractivity contribution in [1.29, 1.82) is 0 Å². The number of rotatable bonds is 3. The summed E-state index contributed by atoms with van der Waals surface area (Å²) in [5.74, 6) is 0. The molecule has 0 radical (unpaired) electrons. The lowest BCUT2D eigenvalue weighted by molar-refractivity contribution is 0.112. The van der Waals surface area contributed by atoms with E-state index in [4.69, 9.17) is 0 Å². The van der Waals surface area contributed by atoms with Crippen LogP contribution in [0.5, 0.6) is 0 Å². The van der Waals surface area contributed by atoms with E-state index in [2.05, 4.69) is 31.2 Å². The van der Waals surface area contributed by atoms with Crippen LogP contribution in [0.15, 0.2) is 58.3 Å². The van der Waals surface area contributed by atoms with Crippen LogP contribution < -0.4 is 0 Å². The minimum atomic E-state index is 0.720. The first-order chi connectivity index (χ1) is 7.78. The standard InChI is InChI=1S/C14H12OS/c1-11-5-7-13(8-6-11)16-14-4-2-3-12(9-14)10-15/h2-10H,1H3. The van der Waals surface area contributed by atoms with Crippen LogP contribution in [0, 0.1) is 6.92 Å². The molecule has 0 heterocycles. The van der Waals surface area contributed by atoms with Crippen LogP contribution in [-0.4, -0.2) is 6.29 Å². The van der Waals surface area contributed by atoms with Crippen molar-refractivity contribution in [3.05, 3.63) is 59.7 Å². The number of hydrogen-bond donors (Lipinski definition) is 0. The number of benzene rings is 2. The summed E-state index contributed by atoms with van der Waals surface area (Å²) in [6.07, 6.45) is 0.874. The predicted octanol–water partition coefficient (Wildman–Crippen LogP) is 3.96. The van der Waals surface area contributed by atoms with Crippen LogP contribution in [0.1, 0.15) is 15.9 Å². The summed E-state index contributed by atoms with van der Waals surface area (Å²) in [6, 6.07) is 16.0. The fourth-order valence-corrected chi connectivity index (χ4v) is 2.28. The van der Waals surface area contributed by atoms with Gasteiger partial charge in [-0.25, -0.2) is 0 Å². The lowest BCUT2D eigenvalue weighted by atomic mass is 10.2. The fraction of sp³-hybridized carbons (Fsp3) is 0.0714. The minimum Gasteiger partial charge on any atom is -0.298 e. The Kier molecular flexibility index (Phi) is 3.42. The maximum absolute atomic E-state index is 10.6. The predicted molar refractivity (Wildman–Crippen MR) is 67.1 cm³/mol. The van der Waals surface area contributed by atoms with E-state index >= 15 is 0 Å². The van der Waals surface area contributed by atoms with Crippen molar-refractivity contribution in [3.8, 4) is 0 Å². The Bertz CT molecular complexity index is 488. The molecule has 0 saturated heterocycles. The Morgan fingerprint density at radius 2 is 1.75 bits per heavy atom. The van der Waals surface area contributed by atoms with Gasteiger partial charge in [-0.2, -0.15) is 0 Å². The van der Waals surface area contributed by atoms with Crippen LogP contribution in [0.25, 0.3) is 0 Å². The summed E-state index contributed by atoms with van der Waals surface area (Å²) in [7, 11) is 0. The van der Waals surface area contributed by atoms with E-state index in [1.807, 2.05) is 24.3 Å². The first kappa shape index (κ1) is 11.0. The summed E-state index contributed by atoms with van der Waals surface area (Å²) >= 11 is 1.67. The van der Waals surface area contributed by atoms with Gasteiger partial charge in [0.15, 0.2) is 0 Å². The van der Waals surface area contributed by atoms with Crippen LogP contribution in [0.4, 0.5) is 0 Å². The van der Waals surface area contributed by atoms with Crippen LogP contribution in [0.3, 0.4) is 0 Å². The highest BCUT2D eigenvalue weighted by Crippen LogP contribution is 2.27. The lowest BCUT2D eigenvalue weighted by Crippen LogP contribution is -1.80. The van der Waals surface area contributed by atoms with Crippen molar-refractivity contribution >= 4 is 18.0 Å². The van der Waals surface area contributed by atoms with Crippen LogP contribution in [-0.2, 0) is 0 Å². The summed E-state index contributed by atoms with van der Waals surface area (Å²) in [5, 5.41) is 0. The van der Waals surface area contributed by atoms with Gasteiger partial charge in [-0.15, -0.1) is 0 Å². The zero-order chi connectivity index (χ0) is 11.4. The topological polar surface area (TPSA) is 17.1 Å². The first-order valence-electron chi connectivity index (χ1n) is 5.08. The third-order valence-electron chi connectivity index (χ3n) is 2.25. The number of carbonyl (C=O) groups excluding carboxylic acids is 1. The molecule has 0 unspecified atom stereocenters. The van der Waals surface area contributed by atoms with Crippen molar-refractivity contribution in [3.63, 3.8) is 0 Å². The van der Waals surface area contributed by atoms with E-state index in [1.54, 1.807) is 11.8 Å². The second-order valence-corrected chi connectivity index (χ2v) is 4.75. The molecule has 0 amide bonds. The van der Waals surface area contributed by atoms with E-state index in [9.17, 15) is 4.79 Å². The van der Waals surface area contributed by atoms with Crippen molar-refractivity contribution in [2.24, 2.45) is 0 Å². The SMILES string of the molecule is Cc1ccc(Sc2cccc(C=O)c2)cc1. The van der Waals surface area contributed by atoms with E-state index in [0.29, 0.717) is 0 Å². The third-order valence-corrected chi connectivity index (χ3v) is 3.25. The van der Waals surface area contributed by atoms with Gasteiger partial charge >= 0.3 is 0 Å². The van der Waals surface area contributed by atoms with Crippen LogP contribution in [0.2, 0.25) is 0 Å². The van der Waals surface area contributed by atoms with Crippen molar-refractivity contribution in [2.45, 2.75) is 16.7 Å². The lowest BCUT2D eigenvalue weighted by Gasteiger charge is -2.02. The second-order valence-electron chi connectivity index (χ2n) is 3.61. The average molecular weight is 228 g/mol. The monoisotopic (exact) mass is 228 g/mol. The van der Waals surface area contributed by atoms with E-state index in [1.165, 1.54) is 10.5 Å². The molecule has 2 rings (SSSR count). The van der Waals surface area contributed by atoms with Gasteiger partial charge in [-0.05, 0) is 31.2 Å². The van der Waals surface area contributed by atoms with Gasteiger partial charge in [0.25, 0.3) is 0 Å². The number of carbonyl (C=O) groups is 1. The quantitative estimate of drug-likeness (QED) is 0.740. The largest absolute Gasteiger partial charge is 0.298 e. The fourth-order valence-electron chi connectivity index (χ4n) is 1.39. The number of aldehydes is 1. The molecule has 1 nitrogen and oxygen atoms in total. The van der Waals surface area contributed by atoms with Crippen molar-refractivity contribution < 1.29 is 4.79 Å². The van der Waals surface area contributed by atoms with Gasteiger partial charge < -0.3 is 0 Å². The van der Waals surface area contributed by atoms with E-state index in [-0.39, 0.29) is 0 Å². The molecule has 80 valence electrons. The molecule has 0 aliphatic carbocycles. The Hall–Kier alpha value is -1.54. The maximum atomic E-state index is 10.6. The highest BCUT2D eigenvalue weighted by Gasteiger charge is 1.98. The number of hydrogen-bond acceptors (Lipinski definition) is 2. The Morgan fingerprint density at radius 1 is 1.00 bits per heavy atom. The highest BCUT2D eigenvalue weighted by molar-refractivity contribution is 7.99. The molecular weight excluding hydrogens is 216 g/mol. The molecule has 0 aliphatic heterocycles. The zero-order valence-electron chi connectivity index (χ0n) is 9.01. The molecule has 0 N–H and O–H groups in total. The first-order valence-corrected chi connectivity index (χ1v) is 5.89. The summed E-state index contributed by atoms with van der Waals surface area (Å²) in [4.78, 5) is 12.9. The van der Waals surface area contributed by atoms with Gasteiger partial charge in [0.1, 0.15) is 6.29 Å². The molecule has 0 aromatic heterocycles. The maximum Gasteiger partial charge on any atom is 0.150 e. The zero-order valence-corrected chi connectivity index (χ0v) is 9.83. The van der Waals surface area contributed by atoms with E-state index < -0.39 is 0 Å². The molecule has 0 atom stereocenters. The van der Waals surface area contributed by atoms with E-state index in [0.717, 1.165) is 16.7 Å². The highest BCUT2D eigenvalue weighted by atomic mass is 32.2. The Morgan fingerprint density at radius 3 is 2.44 bits per heavy atom. The molecule has 2 aromatic rings. The second kappa shape index (κ2) is 4.99. The normalized spacial score (nSPS) is 10.1. The molecule has 0 aliphatic rings. The molecular formula is C14H12OS. The van der Waals surface area contributed by atoms with Gasteiger partial charge in [-0.3, -0.25) is 4.79 Å². The van der Waals surface area contributed by atoms with Crippen molar-refractivity contribution in [2.75, 3.05) is 0 Å². The molecule has 16 heavy (non-hydrogen) atoms. The molecule has 2 aromatic carbocycles. The van der Waals surface area contributed by atoms with Crippen LogP contribution >= 0.6 is 11.8 Å². The van der Waals surface area contributed by atoms with Crippen molar-refractivity contribution in [1.82, 2.24) is 0 Å². The Balaban J connectivity index is 2.20. The summed E-state index contributed by atoms with van der Waals surface area (Å²) < 4.78 is 0. The molecule has 0 fully saturated rings. The molecule has 0 spiro atoms. The third kappa shape index (κ3) is 2.74. The molecule has 0 saturated carbocycles. The minimum absolute atomic E-state index is 0.720. The molecule has 2 heteroatoms. The number of aryl methyl sites for hydroxylation is 1. The smallest absolute Gasteiger partial charge is 0.150 e. The Labute approximate surface area is 99.5 Å². The van der Waals surface area contributed by atoms with Gasteiger partial charge in [0.2, 0.25) is 0 Å². The van der Waals surface area contributed by atoms with Gasteiger partial charge in [0, 0.05) is 15.4 Å². The molecule has 0 bridgehead atoms. The summed E-state index contributed by atoms with van der Waals surface area (Å²) in [6.45, 7) is 2.07. The average Bonchev–Trinajstić information content (AvgIpc) is 2.32.